The smallest absolute Gasteiger partial charge is 0.277 e. The number of nitrogens with two attached hydrogens (primary N) is 1. The van der Waals surface area contributed by atoms with Gasteiger partial charge in [0, 0.05) is 12.8 Å². The average molecular weight is 651 g/mol. The Morgan fingerprint density at radius 1 is 0.804 bits per heavy atom. The molecule has 3 amide bonds. The maximum atomic E-state index is 14.0. The lowest BCUT2D eigenvalue weighted by molar-refractivity contribution is -0.181. The molecule has 2 aliphatic rings. The number of ether oxygens (including phenoxy) is 1. The third kappa shape index (κ3) is 4.17. The first-order chi connectivity index (χ1) is 21.3. The van der Waals surface area contributed by atoms with Crippen LogP contribution in [-0.4, -0.2) is 108 Å². The van der Waals surface area contributed by atoms with Crippen molar-refractivity contribution in [2.75, 3.05) is 23.5 Å². The van der Waals surface area contributed by atoms with Crippen LogP contribution < -0.4 is 20.3 Å². The summed E-state index contributed by atoms with van der Waals surface area (Å²) in [4.78, 5) is 39.0. The van der Waals surface area contributed by atoms with Crippen LogP contribution in [0, 0.1) is 0 Å². The summed E-state index contributed by atoms with van der Waals surface area (Å²) in [5, 5.41) is 132. The summed E-state index contributed by atoms with van der Waals surface area (Å²) in [7, 11) is 0.929. The minimum Gasteiger partial charge on any atom is -0.503 e. The Hall–Kier alpha value is -5.90. The Morgan fingerprint density at radius 2 is 1.30 bits per heavy atom. The molecule has 46 heavy (non-hydrogen) atoms. The lowest BCUT2D eigenvalue weighted by atomic mass is 9.95. The van der Waals surface area contributed by atoms with Crippen molar-refractivity contribution < 1.29 is 80.4 Å². The summed E-state index contributed by atoms with van der Waals surface area (Å²) >= 11 is 0. The van der Waals surface area contributed by atoms with E-state index >= 15 is 0 Å². The number of benzene rings is 2. The number of β-amino-alcohol motifs (C(OH)–C–C–N with tert-alkyl or cyclic N) is 2. The van der Waals surface area contributed by atoms with Gasteiger partial charge in [0.15, 0.2) is 45.9 Å². The molecule has 0 bridgehead atoms. The van der Waals surface area contributed by atoms with Crippen LogP contribution in [0.15, 0.2) is 0 Å². The number of carbonyl (C=O) groups is 3. The Balaban J connectivity index is 1.79. The molecule has 21 nitrogen and oxygen atoms in total. The lowest BCUT2D eigenvalue weighted by Gasteiger charge is -2.40. The van der Waals surface area contributed by atoms with E-state index in [1.807, 2.05) is 0 Å². The van der Waals surface area contributed by atoms with Crippen molar-refractivity contribution in [3.63, 3.8) is 0 Å². The van der Waals surface area contributed by atoms with Crippen molar-refractivity contribution in [3.05, 3.63) is 17.0 Å². The molecule has 3 heterocycles. The number of hydrogen-bond donors (Lipinski definition) is 13. The van der Waals surface area contributed by atoms with Gasteiger partial charge in [0.2, 0.25) is 28.9 Å². The van der Waals surface area contributed by atoms with Gasteiger partial charge in [-0.05, 0) is 6.42 Å². The van der Waals surface area contributed by atoms with Gasteiger partial charge >= 0.3 is 0 Å². The van der Waals surface area contributed by atoms with Crippen molar-refractivity contribution in [2.45, 2.75) is 31.0 Å². The summed E-state index contributed by atoms with van der Waals surface area (Å²) in [6.45, 7) is -1.42. The molecule has 1 aromatic heterocycles. The molecule has 0 unspecified atom stereocenters. The van der Waals surface area contributed by atoms with Gasteiger partial charge in [0.1, 0.15) is 17.1 Å². The zero-order valence-electron chi connectivity index (χ0n) is 23.2. The zero-order chi connectivity index (χ0) is 34.4. The number of fused-ring (bicyclic) bond motifs is 1. The summed E-state index contributed by atoms with van der Waals surface area (Å²) in [6.07, 6.45) is -0.845. The number of primary amides is 1. The molecule has 0 saturated carbocycles. The van der Waals surface area contributed by atoms with E-state index in [4.69, 9.17) is 10.5 Å². The number of hydrogen-bond acceptors (Lipinski definition) is 17. The van der Waals surface area contributed by atoms with Crippen molar-refractivity contribution in [2.24, 2.45) is 5.73 Å². The lowest BCUT2D eigenvalue weighted by Crippen LogP contribution is -2.55. The normalized spacial score (nSPS) is 17.2. The van der Waals surface area contributed by atoms with E-state index in [9.17, 15) is 75.7 Å². The molecule has 14 N–H and O–H groups in total. The number of anilines is 2. The number of carbonyl (C=O) groups excluding carboxylic acids is 3. The fraction of sp³-hybridized carbons (Fsp3) is 0.280. The number of piperidine rings is 1. The monoisotopic (exact) mass is 651 g/mol. The van der Waals surface area contributed by atoms with Crippen molar-refractivity contribution in [3.8, 4) is 57.4 Å². The predicted molar refractivity (Wildman–Crippen MR) is 145 cm³/mol. The Morgan fingerprint density at radius 3 is 1.78 bits per heavy atom. The van der Waals surface area contributed by atoms with Crippen LogP contribution >= 0.6 is 0 Å². The van der Waals surface area contributed by atoms with Crippen LogP contribution in [0.3, 0.4) is 0 Å². The molecule has 2 aliphatic heterocycles. The van der Waals surface area contributed by atoms with Crippen LogP contribution in [-0.2, 0) is 10.6 Å². The van der Waals surface area contributed by atoms with E-state index in [0.717, 1.165) is 7.11 Å². The first-order valence-electron chi connectivity index (χ1n) is 12.8. The van der Waals surface area contributed by atoms with Gasteiger partial charge < -0.3 is 71.7 Å². The van der Waals surface area contributed by atoms with Gasteiger partial charge in [-0.1, -0.05) is 0 Å². The van der Waals surface area contributed by atoms with E-state index in [1.54, 1.807) is 0 Å². The minimum atomic E-state index is -3.41. The third-order valence-corrected chi connectivity index (χ3v) is 7.44. The fourth-order valence-electron chi connectivity index (χ4n) is 5.41. The first-order valence-corrected chi connectivity index (χ1v) is 12.8. The van der Waals surface area contributed by atoms with Gasteiger partial charge in [-0.3, -0.25) is 24.2 Å². The molecule has 1 saturated heterocycles. The standard InChI is InChI=1S/C25H25N5O16/c1-46-21-19(38)17(36)12(18(37)20(21)39)30-9-7(8(27-30)22(26)40)24(42,43)5-28(23(9)41)10-13(32)15(34)11(16(35)14(10)33)29-6(31)3-2-4-25(29,44)45/h32-39,42-45H,2-5H2,1H3,(H2,26,40). The molecule has 246 valence electrons. The van der Waals surface area contributed by atoms with Gasteiger partial charge in [0.05, 0.1) is 19.2 Å². The average Bonchev–Trinajstić information content (AvgIpc) is 3.38. The van der Waals surface area contributed by atoms with Gasteiger partial charge in [-0.25, -0.2) is 4.68 Å². The number of phenols is 8. The van der Waals surface area contributed by atoms with E-state index in [2.05, 4.69) is 5.10 Å². The van der Waals surface area contributed by atoms with Crippen LogP contribution in [0.5, 0.6) is 51.7 Å². The highest BCUT2D eigenvalue weighted by atomic mass is 16.5. The summed E-state index contributed by atoms with van der Waals surface area (Å²) in [6, 6.07) is 0. The predicted octanol–water partition coefficient (Wildman–Crippen LogP) is -2.42. The van der Waals surface area contributed by atoms with Crippen LogP contribution in [0.25, 0.3) is 5.69 Å². The minimum absolute atomic E-state index is 0.0323. The Bertz CT molecular complexity index is 1810. The Labute approximate surface area is 254 Å². The maximum absolute atomic E-state index is 14.0. The number of aromatic hydroxyl groups is 8. The number of nitrogens with zero attached hydrogens (tertiary/aromatic N) is 4. The van der Waals surface area contributed by atoms with Crippen LogP contribution in [0.1, 0.15) is 45.8 Å². The second-order valence-corrected chi connectivity index (χ2v) is 10.3. The highest BCUT2D eigenvalue weighted by Crippen LogP contribution is 2.59. The number of aromatic nitrogens is 2. The molecule has 0 atom stereocenters. The molecule has 3 aromatic rings. The molecular weight excluding hydrogens is 626 g/mol. The fourth-order valence-corrected chi connectivity index (χ4v) is 5.41. The molecule has 2 aromatic carbocycles. The largest absolute Gasteiger partial charge is 0.503 e. The molecular formula is C25H25N5O16. The van der Waals surface area contributed by atoms with Gasteiger partial charge in [0.25, 0.3) is 17.7 Å². The van der Waals surface area contributed by atoms with Crippen LogP contribution in [0.2, 0.25) is 0 Å². The molecule has 0 aliphatic carbocycles. The summed E-state index contributed by atoms with van der Waals surface area (Å²) in [5.41, 5.74) is -1.59. The SMILES string of the molecule is COc1c(O)c(O)c(-n2nc(C(N)=O)c3c2C(=O)N(c2c(O)c(O)c(N4C(=O)CCCC4(O)O)c(O)c2O)CC3(O)O)c(O)c1O. The van der Waals surface area contributed by atoms with Crippen molar-refractivity contribution in [1.29, 1.82) is 0 Å². The molecule has 0 radical (unpaired) electrons. The molecule has 0 spiro atoms. The second-order valence-electron chi connectivity index (χ2n) is 10.3. The first kappa shape index (κ1) is 31.5. The zero-order valence-corrected chi connectivity index (χ0v) is 23.2. The quantitative estimate of drug-likeness (QED) is 0.0775. The molecule has 1 fully saturated rings. The molecule has 21 heteroatoms. The summed E-state index contributed by atoms with van der Waals surface area (Å²) < 4.78 is 4.85. The second kappa shape index (κ2) is 10.1. The van der Waals surface area contributed by atoms with E-state index in [1.165, 1.54) is 0 Å². The highest BCUT2D eigenvalue weighted by molar-refractivity contribution is 6.13. The number of phenolic OH excluding ortho intramolecular Hbond substituents is 8. The maximum Gasteiger partial charge on any atom is 0.277 e. The third-order valence-electron chi connectivity index (χ3n) is 7.44. The molecule has 5 rings (SSSR count). The summed E-state index contributed by atoms with van der Waals surface area (Å²) in [5.74, 6) is -22.7. The highest BCUT2D eigenvalue weighted by Gasteiger charge is 2.51. The topological polar surface area (TPSA) is 354 Å². The van der Waals surface area contributed by atoms with E-state index in [-0.39, 0.29) is 27.3 Å². The number of rotatable bonds is 5. The van der Waals surface area contributed by atoms with Crippen molar-refractivity contribution >= 4 is 29.1 Å². The van der Waals surface area contributed by atoms with Crippen molar-refractivity contribution in [1.82, 2.24) is 9.78 Å². The number of aliphatic hydroxyl groups is 4. The number of amides is 3. The number of methoxy groups -OCH3 is 1. The van der Waals surface area contributed by atoms with Gasteiger partial charge in [-0.2, -0.15) is 5.10 Å². The van der Waals surface area contributed by atoms with Crippen LogP contribution in [0.4, 0.5) is 11.4 Å². The Kier molecular flexibility index (Phi) is 6.90. The van der Waals surface area contributed by atoms with E-state index in [0.29, 0.717) is 0 Å². The van der Waals surface area contributed by atoms with E-state index < -0.39 is 128 Å². The van der Waals surface area contributed by atoms with Gasteiger partial charge in [-0.15, -0.1) is 0 Å².